The highest BCUT2D eigenvalue weighted by Gasteiger charge is 2.34. The van der Waals surface area contributed by atoms with Crippen LogP contribution in [-0.2, 0) is 11.0 Å². The minimum atomic E-state index is -4.50. The predicted molar refractivity (Wildman–Crippen MR) is 123 cm³/mol. The van der Waals surface area contributed by atoms with Gasteiger partial charge in [0.05, 0.1) is 0 Å². The standard InChI is InChI=1S/C24H26F3N5O2/c1-15(33)28-18-6-3-5-16(13-18)23(34)29-17-9-11-19(12-10-17)31(2)22-8-4-7-21-30-20(14-32(21)22)24(25,26)27/h3-8,13-14,17,19H,9-12H2,1-2H3,(H,28,33)(H,29,34)/t17-,19+. The van der Waals surface area contributed by atoms with E-state index >= 15 is 0 Å². The monoisotopic (exact) mass is 473 g/mol. The van der Waals surface area contributed by atoms with E-state index in [1.807, 2.05) is 11.9 Å². The van der Waals surface area contributed by atoms with Gasteiger partial charge in [-0.3, -0.25) is 14.0 Å². The number of hydrogen-bond acceptors (Lipinski definition) is 4. The summed E-state index contributed by atoms with van der Waals surface area (Å²) >= 11 is 0. The van der Waals surface area contributed by atoms with Crippen LogP contribution in [0.5, 0.6) is 0 Å². The van der Waals surface area contributed by atoms with Gasteiger partial charge in [-0.1, -0.05) is 12.1 Å². The number of rotatable bonds is 5. The lowest BCUT2D eigenvalue weighted by atomic mass is 9.90. The zero-order valence-corrected chi connectivity index (χ0v) is 18.9. The first-order chi connectivity index (χ1) is 16.1. The van der Waals surface area contributed by atoms with Crippen molar-refractivity contribution < 1.29 is 22.8 Å². The smallest absolute Gasteiger partial charge is 0.358 e. The molecule has 0 aliphatic heterocycles. The van der Waals surface area contributed by atoms with Crippen molar-refractivity contribution in [1.29, 1.82) is 0 Å². The molecule has 4 rings (SSSR count). The second-order valence-electron chi connectivity index (χ2n) is 8.59. The lowest BCUT2D eigenvalue weighted by molar-refractivity contribution is -0.140. The number of hydrogen-bond donors (Lipinski definition) is 2. The van der Waals surface area contributed by atoms with Crippen LogP contribution in [0.3, 0.4) is 0 Å². The summed E-state index contributed by atoms with van der Waals surface area (Å²) < 4.78 is 40.8. The molecule has 0 atom stereocenters. The Morgan fingerprint density at radius 3 is 2.47 bits per heavy atom. The van der Waals surface area contributed by atoms with E-state index in [4.69, 9.17) is 0 Å². The van der Waals surface area contributed by atoms with E-state index in [1.165, 1.54) is 11.3 Å². The molecular weight excluding hydrogens is 447 g/mol. The molecule has 1 aliphatic carbocycles. The van der Waals surface area contributed by atoms with Gasteiger partial charge in [0.15, 0.2) is 5.69 Å². The first kappa shape index (κ1) is 23.6. The normalized spacial score (nSPS) is 18.5. The second kappa shape index (κ2) is 9.36. The summed E-state index contributed by atoms with van der Waals surface area (Å²) in [7, 11) is 1.87. The fourth-order valence-corrected chi connectivity index (χ4v) is 4.42. The molecule has 2 N–H and O–H groups in total. The molecule has 1 fully saturated rings. The molecular formula is C24H26F3N5O2. The van der Waals surface area contributed by atoms with E-state index in [2.05, 4.69) is 15.6 Å². The van der Waals surface area contributed by atoms with Crippen molar-refractivity contribution in [3.63, 3.8) is 0 Å². The number of aromatic nitrogens is 2. The number of amides is 2. The van der Waals surface area contributed by atoms with Gasteiger partial charge in [-0.15, -0.1) is 0 Å². The number of fused-ring (bicyclic) bond motifs is 1. The molecule has 0 radical (unpaired) electrons. The van der Waals surface area contributed by atoms with Gasteiger partial charge in [-0.25, -0.2) is 4.98 Å². The van der Waals surface area contributed by atoms with Crippen molar-refractivity contribution in [3.8, 4) is 0 Å². The first-order valence-corrected chi connectivity index (χ1v) is 11.1. The van der Waals surface area contributed by atoms with E-state index in [0.717, 1.165) is 31.9 Å². The second-order valence-corrected chi connectivity index (χ2v) is 8.59. The molecule has 7 nitrogen and oxygen atoms in total. The van der Waals surface area contributed by atoms with Crippen LogP contribution in [0, 0.1) is 0 Å². The molecule has 1 aliphatic rings. The van der Waals surface area contributed by atoms with Gasteiger partial charge < -0.3 is 15.5 Å². The van der Waals surface area contributed by atoms with Gasteiger partial charge in [0, 0.05) is 43.5 Å². The van der Waals surface area contributed by atoms with E-state index in [9.17, 15) is 22.8 Å². The summed E-state index contributed by atoms with van der Waals surface area (Å²) in [4.78, 5) is 29.6. The van der Waals surface area contributed by atoms with Crippen LogP contribution >= 0.6 is 0 Å². The minimum Gasteiger partial charge on any atom is -0.358 e. The molecule has 0 saturated heterocycles. The van der Waals surface area contributed by atoms with E-state index in [-0.39, 0.29) is 29.5 Å². The number of halogens is 3. The zero-order valence-electron chi connectivity index (χ0n) is 18.9. The van der Waals surface area contributed by atoms with Gasteiger partial charge in [-0.2, -0.15) is 13.2 Å². The maximum atomic E-state index is 13.1. The van der Waals surface area contributed by atoms with Crippen LogP contribution in [0.1, 0.15) is 48.7 Å². The van der Waals surface area contributed by atoms with Crippen molar-refractivity contribution in [3.05, 3.63) is 59.9 Å². The average molecular weight is 473 g/mol. The maximum absolute atomic E-state index is 13.1. The Kier molecular flexibility index (Phi) is 6.49. The Morgan fingerprint density at radius 1 is 1.09 bits per heavy atom. The average Bonchev–Trinajstić information content (AvgIpc) is 3.24. The van der Waals surface area contributed by atoms with Crippen LogP contribution < -0.4 is 15.5 Å². The SMILES string of the molecule is CC(=O)Nc1cccc(C(=O)N[C@H]2CC[C@@H](N(C)c3cccc4nc(C(F)(F)F)cn34)CC2)c1. The molecule has 2 heterocycles. The Balaban J connectivity index is 1.39. The third-order valence-corrected chi connectivity index (χ3v) is 6.15. The number of alkyl halides is 3. The van der Waals surface area contributed by atoms with Crippen LogP contribution in [0.25, 0.3) is 5.65 Å². The topological polar surface area (TPSA) is 78.7 Å². The summed E-state index contributed by atoms with van der Waals surface area (Å²) in [6.45, 7) is 1.41. The molecule has 0 bridgehead atoms. The predicted octanol–water partition coefficient (Wildman–Crippen LogP) is 4.49. The van der Waals surface area contributed by atoms with Crippen LogP contribution in [0.4, 0.5) is 24.7 Å². The molecule has 10 heteroatoms. The molecule has 34 heavy (non-hydrogen) atoms. The maximum Gasteiger partial charge on any atom is 0.434 e. The van der Waals surface area contributed by atoms with Gasteiger partial charge in [-0.05, 0) is 56.0 Å². The van der Waals surface area contributed by atoms with Gasteiger partial charge in [0.2, 0.25) is 5.91 Å². The lowest BCUT2D eigenvalue weighted by Gasteiger charge is -2.36. The number of imidazole rings is 1. The van der Waals surface area contributed by atoms with Crippen molar-refractivity contribution in [1.82, 2.24) is 14.7 Å². The van der Waals surface area contributed by atoms with Crippen LogP contribution in [-0.4, -0.2) is 40.3 Å². The third-order valence-electron chi connectivity index (χ3n) is 6.15. The fourth-order valence-electron chi connectivity index (χ4n) is 4.42. The number of nitrogens with zero attached hydrogens (tertiary/aromatic N) is 3. The number of anilines is 2. The van der Waals surface area contributed by atoms with E-state index in [0.29, 0.717) is 17.1 Å². The third kappa shape index (κ3) is 5.16. The fraction of sp³-hybridized carbons (Fsp3) is 0.375. The number of pyridine rings is 1. The summed E-state index contributed by atoms with van der Waals surface area (Å²) in [6.07, 6.45) is -0.406. The van der Waals surface area contributed by atoms with Crippen LogP contribution in [0.15, 0.2) is 48.7 Å². The molecule has 2 aromatic heterocycles. The Bertz CT molecular complexity index is 1200. The largest absolute Gasteiger partial charge is 0.434 e. The number of carbonyl (C=O) groups excluding carboxylic acids is 2. The summed E-state index contributed by atoms with van der Waals surface area (Å²) in [5, 5.41) is 5.72. The molecule has 3 aromatic rings. The van der Waals surface area contributed by atoms with Crippen LogP contribution in [0.2, 0.25) is 0 Å². The Labute approximate surface area is 195 Å². The Morgan fingerprint density at radius 2 is 1.79 bits per heavy atom. The number of benzene rings is 1. The summed E-state index contributed by atoms with van der Waals surface area (Å²) in [6, 6.07) is 11.9. The van der Waals surface area contributed by atoms with E-state index < -0.39 is 11.9 Å². The van der Waals surface area contributed by atoms with Crippen molar-refractivity contribution >= 4 is 29.0 Å². The van der Waals surface area contributed by atoms with Gasteiger partial charge in [0.1, 0.15) is 11.5 Å². The Hall–Kier alpha value is -3.56. The first-order valence-electron chi connectivity index (χ1n) is 11.1. The molecule has 1 saturated carbocycles. The summed E-state index contributed by atoms with van der Waals surface area (Å²) in [5.74, 6) is 0.232. The minimum absolute atomic E-state index is 0.00226. The highest BCUT2D eigenvalue weighted by molar-refractivity contribution is 5.96. The zero-order chi connectivity index (χ0) is 24.5. The molecule has 2 amide bonds. The number of carbonyl (C=O) groups is 2. The number of nitrogens with one attached hydrogen (secondary N) is 2. The van der Waals surface area contributed by atoms with E-state index in [1.54, 1.807) is 42.5 Å². The quantitative estimate of drug-likeness (QED) is 0.573. The highest BCUT2D eigenvalue weighted by Crippen LogP contribution is 2.31. The molecule has 0 unspecified atom stereocenters. The molecule has 0 spiro atoms. The molecule has 1 aromatic carbocycles. The summed E-state index contributed by atoms with van der Waals surface area (Å²) in [5.41, 5.74) is 0.368. The van der Waals surface area contributed by atoms with Crippen molar-refractivity contribution in [2.45, 2.75) is 50.9 Å². The van der Waals surface area contributed by atoms with Gasteiger partial charge >= 0.3 is 6.18 Å². The highest BCUT2D eigenvalue weighted by atomic mass is 19.4. The van der Waals surface area contributed by atoms with Crippen molar-refractivity contribution in [2.75, 3.05) is 17.3 Å². The van der Waals surface area contributed by atoms with Gasteiger partial charge in [0.25, 0.3) is 5.91 Å². The molecule has 180 valence electrons. The lowest BCUT2D eigenvalue weighted by Crippen LogP contribution is -2.43. The van der Waals surface area contributed by atoms with Crippen molar-refractivity contribution in [2.24, 2.45) is 0 Å².